The number of unbranched alkanes of at least 4 members (excludes halogenated alkanes) is 1. The Hall–Kier alpha value is -0.575. The second-order valence-corrected chi connectivity index (χ2v) is 2.40. The van der Waals surface area contributed by atoms with Crippen molar-refractivity contribution in [3.8, 4) is 0 Å². The summed E-state index contributed by atoms with van der Waals surface area (Å²) in [5.41, 5.74) is 0. The van der Waals surface area contributed by atoms with E-state index in [1.165, 1.54) is 6.08 Å². The Labute approximate surface area is 66.7 Å². The summed E-state index contributed by atoms with van der Waals surface area (Å²) in [6, 6.07) is 0. The molecule has 0 fully saturated rings. The zero-order chi connectivity index (χ0) is 8.74. The summed E-state index contributed by atoms with van der Waals surface area (Å²) in [6.45, 7) is -1.21. The molecule has 0 unspecified atom stereocenters. The fourth-order valence-electron chi connectivity index (χ4n) is 0.555. The molecule has 0 aromatic rings. The van der Waals surface area contributed by atoms with Gasteiger partial charge < -0.3 is 15.1 Å². The average Bonchev–Trinajstić information content (AvgIpc) is 1.85. The van der Waals surface area contributed by atoms with Gasteiger partial charge in [-0.05, 0) is 6.42 Å². The van der Waals surface area contributed by atoms with Crippen LogP contribution in [0.2, 0.25) is 0 Å². The van der Waals surface area contributed by atoms with E-state index in [0.29, 0.717) is 0 Å². The first kappa shape index (κ1) is 10.4. The maximum absolute atomic E-state index is 8.43. The van der Waals surface area contributed by atoms with Crippen LogP contribution in [0.5, 0.6) is 0 Å². The third-order valence-electron chi connectivity index (χ3n) is 1.07. The van der Waals surface area contributed by atoms with E-state index in [2.05, 4.69) is 0 Å². The van der Waals surface area contributed by atoms with E-state index in [1.807, 2.05) is 13.0 Å². The minimum atomic E-state index is -3.25. The highest BCUT2D eigenvalue weighted by Crippen LogP contribution is 1.91. The molecule has 3 nitrogen and oxygen atoms in total. The van der Waals surface area contributed by atoms with Crippen molar-refractivity contribution in [2.45, 2.75) is 19.8 Å². The first-order valence-corrected chi connectivity index (χ1v) is 3.72. The molecule has 0 bridgehead atoms. The van der Waals surface area contributed by atoms with Crippen molar-refractivity contribution in [2.24, 2.45) is 0 Å². The summed E-state index contributed by atoms with van der Waals surface area (Å²) in [6.07, 6.45) is 6.97. The van der Waals surface area contributed by atoms with Gasteiger partial charge in [0.15, 0.2) is 0 Å². The fourth-order valence-corrected chi connectivity index (χ4v) is 0.555. The fraction of sp³-hybridized carbons (Fsp3) is 0.429. The molecule has 0 aromatic carbocycles. The third kappa shape index (κ3) is 9.42. The van der Waals surface area contributed by atoms with E-state index in [-0.39, 0.29) is 0 Å². The molecule has 0 radical (unpaired) electrons. The van der Waals surface area contributed by atoms with E-state index in [9.17, 15) is 0 Å². The van der Waals surface area contributed by atoms with Gasteiger partial charge in [0.25, 0.3) is 0 Å². The lowest BCUT2D eigenvalue weighted by Gasteiger charge is -2.13. The molecule has 0 amide bonds. The molecule has 0 aromatic heterocycles. The second-order valence-electron chi connectivity index (χ2n) is 2.40. The predicted molar refractivity (Wildman–Crippen MR) is 45.6 cm³/mol. The number of allylic oxidation sites excluding steroid dienone is 3. The molecule has 4 heteroatoms. The van der Waals surface area contributed by atoms with Gasteiger partial charge in [-0.25, -0.2) is 0 Å². The monoisotopic (exact) mass is 157 g/mol. The largest absolute Gasteiger partial charge is 0.556 e. The van der Waals surface area contributed by atoms with Crippen LogP contribution in [0.25, 0.3) is 0 Å². The van der Waals surface area contributed by atoms with E-state index in [1.54, 1.807) is 6.08 Å². The van der Waals surface area contributed by atoms with Gasteiger partial charge >= 0.3 is 6.75 Å². The highest BCUT2D eigenvalue weighted by molar-refractivity contribution is 6.62. The first-order valence-electron chi connectivity index (χ1n) is 3.72. The van der Waals surface area contributed by atoms with Gasteiger partial charge in [0.05, 0.1) is 0 Å². The van der Waals surface area contributed by atoms with Crippen molar-refractivity contribution in [3.05, 3.63) is 24.2 Å². The molecule has 0 aliphatic carbocycles. The Morgan fingerprint density at radius 3 is 2.27 bits per heavy atom. The molecule has 11 heavy (non-hydrogen) atoms. The summed E-state index contributed by atoms with van der Waals surface area (Å²) in [5, 5.41) is 25.3. The van der Waals surface area contributed by atoms with Gasteiger partial charge in [0.2, 0.25) is 0 Å². The summed E-state index contributed by atoms with van der Waals surface area (Å²) in [4.78, 5) is 0. The number of rotatable bonds is 4. The van der Waals surface area contributed by atoms with Gasteiger partial charge in [-0.15, -0.1) is 0 Å². The van der Waals surface area contributed by atoms with Gasteiger partial charge in [-0.1, -0.05) is 31.6 Å². The van der Waals surface area contributed by atoms with E-state index in [0.717, 1.165) is 18.8 Å². The normalized spacial score (nSPS) is 13.5. The topological polar surface area (TPSA) is 60.7 Å². The van der Waals surface area contributed by atoms with Gasteiger partial charge in [-0.3, -0.25) is 0 Å². The Morgan fingerprint density at radius 1 is 1.18 bits per heavy atom. The van der Waals surface area contributed by atoms with Crippen LogP contribution in [0.3, 0.4) is 0 Å². The summed E-state index contributed by atoms with van der Waals surface area (Å²) >= 11 is 0. The molecule has 0 saturated heterocycles. The van der Waals surface area contributed by atoms with Gasteiger partial charge in [0.1, 0.15) is 0 Å². The van der Waals surface area contributed by atoms with E-state index in [4.69, 9.17) is 15.1 Å². The third-order valence-corrected chi connectivity index (χ3v) is 1.07. The van der Waals surface area contributed by atoms with Crippen molar-refractivity contribution in [1.29, 1.82) is 0 Å². The van der Waals surface area contributed by atoms with Crippen LogP contribution in [0.15, 0.2) is 24.2 Å². The Kier molecular flexibility index (Phi) is 4.86. The zero-order valence-electron chi connectivity index (χ0n) is 6.64. The second kappa shape index (κ2) is 5.13. The van der Waals surface area contributed by atoms with Crippen molar-refractivity contribution in [1.82, 2.24) is 0 Å². The molecule has 0 rings (SSSR count). The molecular weight excluding hydrogens is 143 g/mol. The van der Waals surface area contributed by atoms with Crippen LogP contribution in [-0.2, 0) is 0 Å². The van der Waals surface area contributed by atoms with Gasteiger partial charge in [0, 0.05) is 0 Å². The first-order chi connectivity index (χ1) is 5.06. The summed E-state index contributed by atoms with van der Waals surface area (Å²) in [5.74, 6) is 0.951. The van der Waals surface area contributed by atoms with Crippen molar-refractivity contribution >= 4 is 6.75 Å². The zero-order valence-corrected chi connectivity index (χ0v) is 6.64. The quantitative estimate of drug-likeness (QED) is 0.407. The SMILES string of the molecule is CCC/C=C/C=C/[B-](O)(O)O. The van der Waals surface area contributed by atoms with Crippen LogP contribution in [0.1, 0.15) is 19.8 Å². The Balaban J connectivity index is 3.60. The highest BCUT2D eigenvalue weighted by atomic mass is 16.5. The number of hydrogen-bond acceptors (Lipinski definition) is 3. The maximum Gasteiger partial charge on any atom is 0.395 e. The summed E-state index contributed by atoms with van der Waals surface area (Å²) < 4.78 is 0. The highest BCUT2D eigenvalue weighted by Gasteiger charge is 2.07. The molecule has 64 valence electrons. The van der Waals surface area contributed by atoms with E-state index < -0.39 is 6.75 Å². The molecular formula is C7H14BO3-. The molecule has 0 heterocycles. The molecule has 0 aliphatic heterocycles. The lowest BCUT2D eigenvalue weighted by atomic mass is 9.80. The van der Waals surface area contributed by atoms with Crippen molar-refractivity contribution in [2.75, 3.05) is 0 Å². The van der Waals surface area contributed by atoms with Crippen LogP contribution in [0.4, 0.5) is 0 Å². The minimum Gasteiger partial charge on any atom is -0.556 e. The standard InChI is InChI=1S/C7H14BO3/c1-2-3-4-5-6-7-8(9,10)11/h4-7,9-11H,2-3H2,1H3/q-1/b5-4+,7-6+. The minimum absolute atomic E-state index is 0.951. The van der Waals surface area contributed by atoms with Crippen molar-refractivity contribution in [3.63, 3.8) is 0 Å². The lowest BCUT2D eigenvalue weighted by molar-refractivity contribution is 0.247. The van der Waals surface area contributed by atoms with Gasteiger partial charge in [-0.2, -0.15) is 5.98 Å². The molecule has 3 N–H and O–H groups in total. The Morgan fingerprint density at radius 2 is 1.82 bits per heavy atom. The van der Waals surface area contributed by atoms with Crippen LogP contribution >= 0.6 is 0 Å². The molecule has 0 spiro atoms. The van der Waals surface area contributed by atoms with Crippen LogP contribution in [-0.4, -0.2) is 21.8 Å². The van der Waals surface area contributed by atoms with Crippen molar-refractivity contribution < 1.29 is 15.1 Å². The maximum atomic E-state index is 8.43. The van der Waals surface area contributed by atoms with Crippen LogP contribution in [0, 0.1) is 0 Å². The smallest absolute Gasteiger partial charge is 0.395 e. The Bertz CT molecular complexity index is 146. The van der Waals surface area contributed by atoms with Crippen LogP contribution < -0.4 is 0 Å². The molecule has 0 saturated carbocycles. The molecule has 0 aliphatic rings. The molecule has 0 atom stereocenters. The number of hydrogen-bond donors (Lipinski definition) is 3. The predicted octanol–water partition coefficient (Wildman–Crippen LogP) is 0.354. The lowest BCUT2D eigenvalue weighted by Crippen LogP contribution is -2.31. The van der Waals surface area contributed by atoms with E-state index >= 15 is 0 Å². The average molecular weight is 157 g/mol. The summed E-state index contributed by atoms with van der Waals surface area (Å²) in [7, 11) is 0.